The summed E-state index contributed by atoms with van der Waals surface area (Å²) in [7, 11) is 2.10. The summed E-state index contributed by atoms with van der Waals surface area (Å²) in [5.41, 5.74) is 1.41. The molecule has 3 heterocycles. The van der Waals surface area contributed by atoms with Gasteiger partial charge in [-0.1, -0.05) is 5.16 Å². The number of amides is 1. The van der Waals surface area contributed by atoms with Gasteiger partial charge >= 0.3 is 0 Å². The van der Waals surface area contributed by atoms with Crippen LogP contribution in [0.25, 0.3) is 0 Å². The van der Waals surface area contributed by atoms with E-state index < -0.39 is 0 Å². The number of piperidine rings is 1. The Bertz CT molecular complexity index is 875. The second-order valence-corrected chi connectivity index (χ2v) is 7.80. The molecule has 0 radical (unpaired) electrons. The molecule has 1 spiro atoms. The summed E-state index contributed by atoms with van der Waals surface area (Å²) in [5, 5.41) is 12.8. The first-order valence-electron chi connectivity index (χ1n) is 9.30. The first-order chi connectivity index (χ1) is 13.0. The van der Waals surface area contributed by atoms with E-state index in [9.17, 15) is 4.79 Å². The molecule has 2 aliphatic heterocycles. The summed E-state index contributed by atoms with van der Waals surface area (Å²) in [6.45, 7) is 4.33. The van der Waals surface area contributed by atoms with Gasteiger partial charge in [-0.25, -0.2) is 0 Å². The van der Waals surface area contributed by atoms with Crippen molar-refractivity contribution in [3.05, 3.63) is 47.1 Å². The maximum Gasteiger partial charge on any atom is 0.253 e. The smallest absolute Gasteiger partial charge is 0.253 e. The Labute approximate surface area is 158 Å². The Hall–Kier alpha value is -2.72. The van der Waals surface area contributed by atoms with Crippen molar-refractivity contribution in [2.45, 2.75) is 32.2 Å². The van der Waals surface area contributed by atoms with Gasteiger partial charge in [0.15, 0.2) is 5.82 Å². The van der Waals surface area contributed by atoms with Gasteiger partial charge in [-0.2, -0.15) is 10.2 Å². The molecule has 0 bridgehead atoms. The Morgan fingerprint density at radius 3 is 2.59 bits per heavy atom. The van der Waals surface area contributed by atoms with Crippen LogP contribution in [0.1, 0.15) is 52.9 Å². The fourth-order valence-corrected chi connectivity index (χ4v) is 4.41. The lowest BCUT2D eigenvalue weighted by molar-refractivity contribution is 0.0593. The van der Waals surface area contributed by atoms with Crippen molar-refractivity contribution in [1.29, 1.82) is 5.26 Å². The number of aryl methyl sites for hydroxylation is 1. The molecular formula is C20H23N5O2. The fourth-order valence-electron chi connectivity index (χ4n) is 4.41. The SMILES string of the molecule is Cc1noc(C2CC3(CCN(C(=O)c4ccc(C#N)cc4)CC3)CN2C)n1. The molecule has 1 aromatic heterocycles. The van der Waals surface area contributed by atoms with Crippen molar-refractivity contribution in [3.63, 3.8) is 0 Å². The third-order valence-electron chi connectivity index (χ3n) is 5.94. The number of nitriles is 1. The third kappa shape index (κ3) is 3.33. The number of hydrogen-bond donors (Lipinski definition) is 0. The summed E-state index contributed by atoms with van der Waals surface area (Å²) in [5.74, 6) is 1.41. The van der Waals surface area contributed by atoms with E-state index in [1.807, 2.05) is 11.8 Å². The zero-order valence-corrected chi connectivity index (χ0v) is 15.7. The van der Waals surface area contributed by atoms with Crippen LogP contribution >= 0.6 is 0 Å². The maximum absolute atomic E-state index is 12.8. The van der Waals surface area contributed by atoms with E-state index >= 15 is 0 Å². The fraction of sp³-hybridized carbons (Fsp3) is 0.500. The third-order valence-corrected chi connectivity index (χ3v) is 5.94. The van der Waals surface area contributed by atoms with Crippen molar-refractivity contribution in [2.75, 3.05) is 26.7 Å². The molecule has 27 heavy (non-hydrogen) atoms. The standard InChI is InChI=1S/C20H23N5O2/c1-14-22-18(27-23-14)17-11-20(13-24(17)2)7-9-25(10-8-20)19(26)16-5-3-15(12-21)4-6-16/h3-6,17H,7-11,13H2,1-2H3. The minimum absolute atomic E-state index is 0.0461. The van der Waals surface area contributed by atoms with E-state index in [4.69, 9.17) is 9.78 Å². The Balaban J connectivity index is 1.41. The predicted octanol–water partition coefficient (Wildman–Crippen LogP) is 2.55. The van der Waals surface area contributed by atoms with E-state index in [0.717, 1.165) is 38.9 Å². The minimum atomic E-state index is 0.0461. The number of carbonyl (C=O) groups excluding carboxylic acids is 1. The first kappa shape index (κ1) is 17.7. The molecule has 1 aromatic carbocycles. The predicted molar refractivity (Wildman–Crippen MR) is 97.8 cm³/mol. The van der Waals surface area contributed by atoms with E-state index in [0.29, 0.717) is 22.8 Å². The maximum atomic E-state index is 12.8. The molecule has 1 atom stereocenters. The summed E-state index contributed by atoms with van der Waals surface area (Å²) in [4.78, 5) is 21.4. The Morgan fingerprint density at radius 1 is 1.30 bits per heavy atom. The number of likely N-dealkylation sites (tertiary alicyclic amines) is 2. The summed E-state index contributed by atoms with van der Waals surface area (Å²) in [6.07, 6.45) is 2.94. The van der Waals surface area contributed by atoms with Crippen LogP contribution in [-0.2, 0) is 0 Å². The number of carbonyl (C=O) groups is 1. The number of hydrogen-bond acceptors (Lipinski definition) is 6. The Kier molecular flexibility index (Phi) is 4.44. The van der Waals surface area contributed by atoms with Crippen LogP contribution in [0, 0.1) is 23.7 Å². The van der Waals surface area contributed by atoms with Gasteiger partial charge < -0.3 is 9.42 Å². The molecule has 1 amide bonds. The summed E-state index contributed by atoms with van der Waals surface area (Å²) >= 11 is 0. The highest BCUT2D eigenvalue weighted by Gasteiger charge is 2.46. The largest absolute Gasteiger partial charge is 0.339 e. The molecule has 2 aliphatic rings. The van der Waals surface area contributed by atoms with Crippen LogP contribution in [0.5, 0.6) is 0 Å². The van der Waals surface area contributed by atoms with Crippen LogP contribution in [0.4, 0.5) is 0 Å². The number of rotatable bonds is 2. The lowest BCUT2D eigenvalue weighted by atomic mass is 9.76. The van der Waals surface area contributed by atoms with Gasteiger partial charge in [0.05, 0.1) is 17.7 Å². The zero-order chi connectivity index (χ0) is 19.0. The van der Waals surface area contributed by atoms with Gasteiger partial charge in [-0.05, 0) is 62.9 Å². The van der Waals surface area contributed by atoms with Crippen molar-refractivity contribution in [2.24, 2.45) is 5.41 Å². The second-order valence-electron chi connectivity index (χ2n) is 7.80. The van der Waals surface area contributed by atoms with E-state index in [1.165, 1.54) is 0 Å². The normalized spacial score (nSPS) is 22.1. The topological polar surface area (TPSA) is 86.3 Å². The lowest BCUT2D eigenvalue weighted by Crippen LogP contribution is -2.44. The number of aromatic nitrogens is 2. The monoisotopic (exact) mass is 365 g/mol. The average Bonchev–Trinajstić information content (AvgIpc) is 3.25. The van der Waals surface area contributed by atoms with Crippen LogP contribution in [0.3, 0.4) is 0 Å². The molecule has 7 heteroatoms. The molecular weight excluding hydrogens is 342 g/mol. The van der Waals surface area contributed by atoms with Crippen LogP contribution in [0.15, 0.2) is 28.8 Å². The quantitative estimate of drug-likeness (QED) is 0.813. The molecule has 4 rings (SSSR count). The number of benzene rings is 1. The van der Waals surface area contributed by atoms with Crippen molar-refractivity contribution < 1.29 is 9.32 Å². The summed E-state index contributed by atoms with van der Waals surface area (Å²) in [6, 6.07) is 9.11. The highest BCUT2D eigenvalue weighted by Crippen LogP contribution is 2.48. The van der Waals surface area contributed by atoms with E-state index in [2.05, 4.69) is 28.2 Å². The van der Waals surface area contributed by atoms with Gasteiger partial charge in [0.25, 0.3) is 5.91 Å². The summed E-state index contributed by atoms with van der Waals surface area (Å²) < 4.78 is 5.40. The molecule has 0 aliphatic carbocycles. The molecule has 7 nitrogen and oxygen atoms in total. The van der Waals surface area contributed by atoms with Crippen molar-refractivity contribution >= 4 is 5.91 Å². The van der Waals surface area contributed by atoms with E-state index in [-0.39, 0.29) is 17.4 Å². The van der Waals surface area contributed by atoms with Crippen molar-refractivity contribution in [1.82, 2.24) is 19.9 Å². The van der Waals surface area contributed by atoms with Crippen molar-refractivity contribution in [3.8, 4) is 6.07 Å². The Morgan fingerprint density at radius 2 is 2.00 bits per heavy atom. The molecule has 2 aromatic rings. The van der Waals surface area contributed by atoms with Gasteiger partial charge in [0.1, 0.15) is 0 Å². The first-order valence-corrected chi connectivity index (χ1v) is 9.30. The highest BCUT2D eigenvalue weighted by atomic mass is 16.5. The minimum Gasteiger partial charge on any atom is -0.339 e. The molecule has 1 unspecified atom stereocenters. The average molecular weight is 365 g/mol. The van der Waals surface area contributed by atoms with Crippen LogP contribution in [0.2, 0.25) is 0 Å². The zero-order valence-electron chi connectivity index (χ0n) is 15.7. The second kappa shape index (κ2) is 6.78. The van der Waals surface area contributed by atoms with Gasteiger partial charge in [0, 0.05) is 25.2 Å². The molecule has 2 saturated heterocycles. The number of nitrogens with zero attached hydrogens (tertiary/aromatic N) is 5. The van der Waals surface area contributed by atoms with Crippen LogP contribution in [-0.4, -0.2) is 52.5 Å². The molecule has 0 saturated carbocycles. The van der Waals surface area contributed by atoms with Gasteiger partial charge in [-0.15, -0.1) is 0 Å². The highest BCUT2D eigenvalue weighted by molar-refractivity contribution is 5.94. The van der Waals surface area contributed by atoms with E-state index in [1.54, 1.807) is 24.3 Å². The van der Waals surface area contributed by atoms with Gasteiger partial charge in [-0.3, -0.25) is 9.69 Å². The van der Waals surface area contributed by atoms with Gasteiger partial charge in [0.2, 0.25) is 5.89 Å². The lowest BCUT2D eigenvalue weighted by Gasteiger charge is -2.39. The molecule has 0 N–H and O–H groups in total. The van der Waals surface area contributed by atoms with Crippen LogP contribution < -0.4 is 0 Å². The molecule has 2 fully saturated rings. The molecule has 140 valence electrons.